The maximum Gasteiger partial charge on any atom is 0.222 e. The van der Waals surface area contributed by atoms with Gasteiger partial charge in [-0.15, -0.1) is 0 Å². The van der Waals surface area contributed by atoms with Gasteiger partial charge >= 0.3 is 0 Å². The van der Waals surface area contributed by atoms with Crippen LogP contribution in [0.4, 0.5) is 0 Å². The van der Waals surface area contributed by atoms with E-state index >= 15 is 0 Å². The molecule has 0 radical (unpaired) electrons. The summed E-state index contributed by atoms with van der Waals surface area (Å²) in [5.41, 5.74) is -0.791. The van der Waals surface area contributed by atoms with Gasteiger partial charge in [-0.1, -0.05) is 6.92 Å². The molecule has 14 unspecified atom stereocenters. The Morgan fingerprint density at radius 2 is 0.571 bits per heavy atom. The second-order valence-electron chi connectivity index (χ2n) is 24.7. The number of ether oxygens (including phenoxy) is 9. The number of hydrogen-bond acceptors (Lipinski definition) is 27. The molecule has 566 valence electrons. The predicted octanol–water partition coefficient (Wildman–Crippen LogP) is -6.53. The van der Waals surface area contributed by atoms with E-state index in [9.17, 15) is 89.1 Å². The van der Waals surface area contributed by atoms with Crippen molar-refractivity contribution in [2.45, 2.75) is 216 Å². The largest absolute Gasteiger partial charge is 0.394 e. The Morgan fingerprint density at radius 1 is 0.337 bits per heavy atom. The first-order valence-electron chi connectivity index (χ1n) is 33.7. The van der Waals surface area contributed by atoms with Gasteiger partial charge in [0.05, 0.1) is 59.5 Å². The number of aliphatic hydroxyl groups excluding tert-OH is 9. The summed E-state index contributed by atoms with van der Waals surface area (Å²) in [4.78, 5) is 110. The van der Waals surface area contributed by atoms with Crippen molar-refractivity contribution in [3.8, 4) is 0 Å². The van der Waals surface area contributed by atoms with Crippen LogP contribution in [0.25, 0.3) is 0 Å². The van der Waals surface area contributed by atoms with Crippen LogP contribution in [0.3, 0.4) is 0 Å². The SMILES string of the molecule is CC(=O)NC1C(OCCCCC(=O)NCCCNC(=O)CCOCC(C)(COCCC(=O)NCCCNC(=O)CCCCOC2OC(CO)C(O)C(O)C2NC(C)=O)COCCC(=O)NCCCNC(=O)CCCCOC2OC(CO)C(O)[C@H](O)C2NC(C)=O)OC(CO)C(O)C1O. The lowest BCUT2D eigenvalue weighted by Gasteiger charge is -2.42. The zero-order valence-corrected chi connectivity index (χ0v) is 56.9. The Kier molecular flexibility index (Phi) is 43.5. The number of amides is 9. The van der Waals surface area contributed by atoms with Crippen molar-refractivity contribution in [1.29, 1.82) is 0 Å². The van der Waals surface area contributed by atoms with Gasteiger partial charge in [-0.2, -0.15) is 0 Å². The van der Waals surface area contributed by atoms with Gasteiger partial charge in [0.15, 0.2) is 18.9 Å². The monoisotopic (exact) mass is 1410 g/mol. The zero-order chi connectivity index (χ0) is 72.4. The second-order valence-corrected chi connectivity index (χ2v) is 24.7. The van der Waals surface area contributed by atoms with Gasteiger partial charge in [0.2, 0.25) is 53.2 Å². The fourth-order valence-electron chi connectivity index (χ4n) is 10.3. The molecule has 3 fully saturated rings. The Hall–Kier alpha value is -5.49. The molecule has 15 atom stereocenters. The number of carbonyl (C=O) groups excluding carboxylic acids is 9. The molecule has 98 heavy (non-hydrogen) atoms. The number of hydrogen-bond donors (Lipinski definition) is 18. The van der Waals surface area contributed by atoms with Crippen molar-refractivity contribution in [3.63, 3.8) is 0 Å². The summed E-state index contributed by atoms with van der Waals surface area (Å²) in [5.74, 6) is -2.95. The van der Waals surface area contributed by atoms with E-state index in [0.717, 1.165) is 0 Å². The summed E-state index contributed by atoms with van der Waals surface area (Å²) in [7, 11) is 0. The molecule has 18 N–H and O–H groups in total. The van der Waals surface area contributed by atoms with Gasteiger partial charge < -0.3 is 136 Å². The molecule has 0 spiro atoms. The highest BCUT2D eigenvalue weighted by atomic mass is 16.7. The topological polar surface area (TPSA) is 527 Å². The van der Waals surface area contributed by atoms with Crippen LogP contribution in [0.2, 0.25) is 0 Å². The Bertz CT molecular complexity index is 2110. The average Bonchev–Trinajstić information content (AvgIpc) is 0.825. The van der Waals surface area contributed by atoms with Crippen LogP contribution in [-0.4, -0.2) is 310 Å². The lowest BCUT2D eigenvalue weighted by molar-refractivity contribution is -0.270. The molecule has 36 heteroatoms. The van der Waals surface area contributed by atoms with Crippen molar-refractivity contribution in [2.24, 2.45) is 5.41 Å². The summed E-state index contributed by atoms with van der Waals surface area (Å²) in [6.07, 6.45) is -10.8. The van der Waals surface area contributed by atoms with E-state index in [2.05, 4.69) is 47.9 Å². The van der Waals surface area contributed by atoms with E-state index in [1.165, 1.54) is 20.8 Å². The van der Waals surface area contributed by atoms with Crippen molar-refractivity contribution < 1.29 is 132 Å². The van der Waals surface area contributed by atoms with E-state index in [0.29, 0.717) is 77.4 Å². The second kappa shape index (κ2) is 49.1. The molecule has 3 heterocycles. The van der Waals surface area contributed by atoms with Gasteiger partial charge in [-0.25, -0.2) is 0 Å². The Labute approximate surface area is 571 Å². The van der Waals surface area contributed by atoms with Gasteiger partial charge in [-0.3, -0.25) is 43.2 Å². The van der Waals surface area contributed by atoms with E-state index in [1.807, 2.05) is 6.92 Å². The fraction of sp³-hybridized carbons (Fsp3) is 0.855. The van der Waals surface area contributed by atoms with Gasteiger partial charge in [0.1, 0.15) is 73.1 Å². The number of carbonyl (C=O) groups is 9. The lowest BCUT2D eigenvalue weighted by Crippen LogP contribution is -2.64. The molecule has 0 aromatic rings. The van der Waals surface area contributed by atoms with Crippen molar-refractivity contribution in [3.05, 3.63) is 0 Å². The molecule has 36 nitrogen and oxygen atoms in total. The zero-order valence-electron chi connectivity index (χ0n) is 56.9. The third-order valence-electron chi connectivity index (χ3n) is 15.8. The van der Waals surface area contributed by atoms with Gasteiger partial charge in [-0.05, 0) is 57.8 Å². The van der Waals surface area contributed by atoms with Crippen molar-refractivity contribution in [1.82, 2.24) is 47.9 Å². The summed E-state index contributed by atoms with van der Waals surface area (Å²) < 4.78 is 51.4. The van der Waals surface area contributed by atoms with E-state index in [4.69, 9.17) is 42.6 Å². The predicted molar refractivity (Wildman–Crippen MR) is 342 cm³/mol. The number of aliphatic hydroxyl groups is 9. The molecular weight excluding hydrogens is 1300 g/mol. The number of unbranched alkanes of at least 4 members (excludes halogenated alkanes) is 3. The van der Waals surface area contributed by atoms with Crippen LogP contribution in [0.15, 0.2) is 0 Å². The average molecular weight is 1410 g/mol. The molecule has 9 amide bonds. The highest BCUT2D eigenvalue weighted by Crippen LogP contribution is 2.26. The summed E-state index contributed by atoms with van der Waals surface area (Å²) >= 11 is 0. The summed E-state index contributed by atoms with van der Waals surface area (Å²) in [5, 5.41) is 115. The molecule has 0 bridgehead atoms. The molecule has 3 aliphatic rings. The van der Waals surface area contributed by atoms with Crippen LogP contribution in [0, 0.1) is 5.41 Å². The van der Waals surface area contributed by atoms with Crippen LogP contribution < -0.4 is 47.9 Å². The first kappa shape index (κ1) is 86.7. The van der Waals surface area contributed by atoms with E-state index in [1.54, 1.807) is 0 Å². The van der Waals surface area contributed by atoms with Crippen LogP contribution in [0.1, 0.15) is 124 Å². The highest BCUT2D eigenvalue weighted by Gasteiger charge is 2.48. The normalized spacial score (nSPS) is 26.0. The minimum Gasteiger partial charge on any atom is -0.394 e. The van der Waals surface area contributed by atoms with Crippen LogP contribution in [-0.2, 0) is 85.8 Å². The first-order valence-corrected chi connectivity index (χ1v) is 33.7. The minimum atomic E-state index is -1.44. The minimum absolute atomic E-state index is 0.0184. The number of nitrogens with one attached hydrogen (secondary N) is 9. The van der Waals surface area contributed by atoms with E-state index < -0.39 is 135 Å². The van der Waals surface area contributed by atoms with Crippen LogP contribution >= 0.6 is 0 Å². The van der Waals surface area contributed by atoms with Crippen molar-refractivity contribution >= 4 is 53.2 Å². The molecule has 0 aliphatic carbocycles. The van der Waals surface area contributed by atoms with E-state index in [-0.39, 0.29) is 153 Å². The maximum absolute atomic E-state index is 12.7. The highest BCUT2D eigenvalue weighted by molar-refractivity contribution is 5.78. The first-order chi connectivity index (χ1) is 46.8. The Balaban J connectivity index is 1.34. The molecular formula is C62H111N9O27. The number of rotatable bonds is 51. The van der Waals surface area contributed by atoms with Gasteiger partial charge in [0.25, 0.3) is 0 Å². The fourth-order valence-corrected chi connectivity index (χ4v) is 10.3. The third kappa shape index (κ3) is 34.7. The summed E-state index contributed by atoms with van der Waals surface area (Å²) in [6.45, 7) is 6.21. The Morgan fingerprint density at radius 3 is 0.796 bits per heavy atom. The van der Waals surface area contributed by atoms with Crippen LogP contribution in [0.5, 0.6) is 0 Å². The smallest absolute Gasteiger partial charge is 0.222 e. The standard InChI is InChI=1S/C62H111N9O27/c1-38(75)69-50-56(87)53(84)41(32-72)96-59(50)93-26-8-5-14-44(78)63-20-11-23-66-47(81)17-29-90-35-62(4,36-91-30-18-48(82)67-24-12-21-64-45(79)15-6-9-27-94-60-51(70-39(2)76)57(88)54(85)42(33-73)97-60)37-92-31-19-49(83)68-25-13-22-65-46(80)16-7-10-28-95-61-52(71-40(3)77)58(89)55(86)43(34-74)98-61/h41-43,50-61,72-74,84-89H,5-37H2,1-4H3,(H,63,78)(H,64,79)(H,65,80)(H,66,81)(H,67,82)(H,68,83)(H,69,75)(H,70,76)(H,71,77)/t41?,42?,43?,50?,51?,52?,53?,54?,55?,56-,57?,58?,59?,60?,61?,62?/m1/s1. The molecule has 3 saturated heterocycles. The maximum atomic E-state index is 12.7. The molecule has 0 saturated carbocycles. The molecule has 3 rings (SSSR count). The van der Waals surface area contributed by atoms with Crippen molar-refractivity contribution in [2.75, 3.05) is 119 Å². The summed E-state index contributed by atoms with van der Waals surface area (Å²) in [6, 6.07) is -3.21. The lowest BCUT2D eigenvalue weighted by atomic mass is 9.94. The molecule has 0 aromatic carbocycles. The molecule has 0 aromatic heterocycles. The molecule has 3 aliphatic heterocycles. The third-order valence-corrected chi connectivity index (χ3v) is 15.8. The quantitative estimate of drug-likeness (QED) is 0.0252. The van der Waals surface area contributed by atoms with Gasteiger partial charge in [0, 0.05) is 124 Å².